The van der Waals surface area contributed by atoms with Crippen LogP contribution in [0.15, 0.2) is 28.3 Å². The van der Waals surface area contributed by atoms with Gasteiger partial charge >= 0.3 is 0 Å². The van der Waals surface area contributed by atoms with E-state index in [2.05, 4.69) is 68.8 Å². The van der Waals surface area contributed by atoms with Crippen LogP contribution in [-0.2, 0) is 4.79 Å². The van der Waals surface area contributed by atoms with Crippen molar-refractivity contribution in [3.8, 4) is 0 Å². The number of benzene rings is 1. The molecular formula is C22H29BrO. The summed E-state index contributed by atoms with van der Waals surface area (Å²) < 4.78 is 1.09. The number of halogens is 1. The maximum atomic E-state index is 13.2. The lowest BCUT2D eigenvalue weighted by molar-refractivity contribution is -0.122. The molecular weight excluding hydrogens is 360 g/mol. The van der Waals surface area contributed by atoms with Crippen LogP contribution in [0.3, 0.4) is 0 Å². The lowest BCUT2D eigenvalue weighted by atomic mass is 9.54. The zero-order chi connectivity index (χ0) is 17.7. The molecule has 0 spiro atoms. The van der Waals surface area contributed by atoms with Gasteiger partial charge in [0.2, 0.25) is 0 Å². The Bertz CT molecular complexity index is 713. The molecule has 3 rings (SSSR count). The molecule has 1 nitrogen and oxygen atoms in total. The molecule has 0 N–H and O–H groups in total. The quantitative estimate of drug-likeness (QED) is 0.491. The van der Waals surface area contributed by atoms with Crippen LogP contribution in [0.25, 0.3) is 0 Å². The zero-order valence-corrected chi connectivity index (χ0v) is 17.2. The second kappa shape index (κ2) is 6.12. The molecule has 0 radical (unpaired) electrons. The maximum Gasteiger partial charge on any atom is 0.141 e. The first kappa shape index (κ1) is 17.9. The van der Waals surface area contributed by atoms with E-state index in [1.165, 1.54) is 35.1 Å². The summed E-state index contributed by atoms with van der Waals surface area (Å²) in [5.74, 6) is 0.380. The number of allylic oxidation sites excluding steroid dienone is 2. The van der Waals surface area contributed by atoms with Gasteiger partial charge < -0.3 is 0 Å². The molecule has 24 heavy (non-hydrogen) atoms. The van der Waals surface area contributed by atoms with Gasteiger partial charge in [-0.1, -0.05) is 60.8 Å². The first-order valence-corrected chi connectivity index (χ1v) is 9.96. The van der Waals surface area contributed by atoms with E-state index in [-0.39, 0.29) is 16.7 Å². The smallest absolute Gasteiger partial charge is 0.141 e. The Morgan fingerprint density at radius 2 is 1.75 bits per heavy atom. The van der Waals surface area contributed by atoms with Crippen molar-refractivity contribution in [2.75, 3.05) is 0 Å². The summed E-state index contributed by atoms with van der Waals surface area (Å²) in [6.07, 6.45) is 7.49. The molecule has 0 saturated heterocycles. The van der Waals surface area contributed by atoms with E-state index in [1.54, 1.807) is 0 Å². The van der Waals surface area contributed by atoms with Gasteiger partial charge in [0.25, 0.3) is 0 Å². The average molecular weight is 389 g/mol. The van der Waals surface area contributed by atoms with Crippen molar-refractivity contribution in [2.24, 2.45) is 10.8 Å². The summed E-state index contributed by atoms with van der Waals surface area (Å²) in [6, 6.07) is 4.43. The average Bonchev–Trinajstić information content (AvgIpc) is 2.60. The first-order chi connectivity index (χ1) is 11.2. The lowest BCUT2D eigenvalue weighted by Crippen LogP contribution is -2.40. The number of hydrogen-bond donors (Lipinski definition) is 0. The summed E-state index contributed by atoms with van der Waals surface area (Å²) >= 11 is 3.77. The maximum absolute atomic E-state index is 13.2. The summed E-state index contributed by atoms with van der Waals surface area (Å²) in [5.41, 5.74) is 5.39. The van der Waals surface area contributed by atoms with Crippen LogP contribution in [0.2, 0.25) is 0 Å². The lowest BCUT2D eigenvalue weighted by Gasteiger charge is -2.49. The largest absolute Gasteiger partial charge is 0.299 e. The Labute approximate surface area is 155 Å². The van der Waals surface area contributed by atoms with Gasteiger partial charge in [0.05, 0.1) is 5.92 Å². The third-order valence-corrected chi connectivity index (χ3v) is 7.15. The zero-order valence-electron chi connectivity index (χ0n) is 15.6. The topological polar surface area (TPSA) is 17.1 Å². The van der Waals surface area contributed by atoms with Gasteiger partial charge in [-0.2, -0.15) is 0 Å². The van der Waals surface area contributed by atoms with Crippen LogP contribution >= 0.6 is 15.9 Å². The van der Waals surface area contributed by atoms with E-state index in [4.69, 9.17) is 0 Å². The normalized spacial score (nSPS) is 29.7. The molecule has 0 aromatic heterocycles. The molecule has 2 atom stereocenters. The highest BCUT2D eigenvalue weighted by Gasteiger charge is 2.50. The number of fused-ring (bicyclic) bond motifs is 1. The third-order valence-electron chi connectivity index (χ3n) is 6.46. The van der Waals surface area contributed by atoms with E-state index in [0.29, 0.717) is 12.2 Å². The Balaban J connectivity index is 2.20. The third kappa shape index (κ3) is 2.81. The first-order valence-electron chi connectivity index (χ1n) is 9.17. The van der Waals surface area contributed by atoms with Crippen molar-refractivity contribution >= 4 is 21.7 Å². The standard InChI is InChI=1S/C22H29BrO/c1-14-12-16(17(23)13-15(14)2)20-18(24)8-6-9-19-21(3,4)10-7-11-22(19,20)5/h9,12-13,20H,6-8,10-11H2,1-5H3/t20-,22-/m0/s1. The highest BCUT2D eigenvalue weighted by molar-refractivity contribution is 9.10. The van der Waals surface area contributed by atoms with Gasteiger partial charge in [-0.15, -0.1) is 0 Å². The molecule has 0 unspecified atom stereocenters. The van der Waals surface area contributed by atoms with Crippen LogP contribution in [0.1, 0.15) is 75.5 Å². The molecule has 0 aliphatic heterocycles. The molecule has 2 aliphatic rings. The van der Waals surface area contributed by atoms with Crippen LogP contribution in [0.5, 0.6) is 0 Å². The van der Waals surface area contributed by atoms with E-state index >= 15 is 0 Å². The van der Waals surface area contributed by atoms with Crippen molar-refractivity contribution < 1.29 is 4.79 Å². The van der Waals surface area contributed by atoms with Crippen LogP contribution in [0.4, 0.5) is 0 Å². The second-order valence-corrected chi connectivity index (χ2v) is 9.52. The molecule has 1 aromatic rings. The summed E-state index contributed by atoms with van der Waals surface area (Å²) in [5, 5.41) is 0. The molecule has 0 amide bonds. The van der Waals surface area contributed by atoms with Crippen molar-refractivity contribution in [2.45, 2.75) is 72.6 Å². The molecule has 2 aliphatic carbocycles. The molecule has 1 saturated carbocycles. The van der Waals surface area contributed by atoms with Gasteiger partial charge in [0.15, 0.2) is 0 Å². The molecule has 0 heterocycles. The summed E-state index contributed by atoms with van der Waals surface area (Å²) in [4.78, 5) is 13.2. The predicted octanol–water partition coefficient (Wildman–Crippen LogP) is 6.66. The number of Topliss-reactive ketones (excluding diaryl/α,β-unsaturated/α-hetero) is 1. The van der Waals surface area contributed by atoms with Crippen molar-refractivity contribution in [1.82, 2.24) is 0 Å². The number of carbonyl (C=O) groups excluding carboxylic acids is 1. The Hall–Kier alpha value is -0.890. The molecule has 0 bridgehead atoms. The van der Waals surface area contributed by atoms with Crippen molar-refractivity contribution in [3.63, 3.8) is 0 Å². The van der Waals surface area contributed by atoms with Crippen LogP contribution < -0.4 is 0 Å². The van der Waals surface area contributed by atoms with E-state index in [0.717, 1.165) is 17.3 Å². The van der Waals surface area contributed by atoms with E-state index < -0.39 is 0 Å². The molecule has 1 fully saturated rings. The monoisotopic (exact) mass is 388 g/mol. The molecule has 1 aromatic carbocycles. The molecule has 130 valence electrons. The summed E-state index contributed by atoms with van der Waals surface area (Å²) in [6.45, 7) is 11.3. The van der Waals surface area contributed by atoms with Crippen LogP contribution in [0, 0.1) is 24.7 Å². The Morgan fingerprint density at radius 1 is 1.08 bits per heavy atom. The van der Waals surface area contributed by atoms with Gasteiger partial charge in [-0.25, -0.2) is 0 Å². The Kier molecular flexibility index (Phi) is 4.57. The van der Waals surface area contributed by atoms with Crippen LogP contribution in [-0.4, -0.2) is 5.78 Å². The SMILES string of the molecule is Cc1cc(Br)c([C@H]2C(=O)CCC=C3C(C)(C)CCC[C@@]32C)cc1C. The minimum Gasteiger partial charge on any atom is -0.299 e. The van der Waals surface area contributed by atoms with E-state index in [1.807, 2.05) is 0 Å². The Morgan fingerprint density at radius 3 is 2.46 bits per heavy atom. The highest BCUT2D eigenvalue weighted by Crippen LogP contribution is 2.59. The molecule has 2 heteroatoms. The number of rotatable bonds is 1. The second-order valence-electron chi connectivity index (χ2n) is 8.67. The minimum absolute atomic E-state index is 0.0282. The number of carbonyl (C=O) groups is 1. The fourth-order valence-corrected chi connectivity index (χ4v) is 5.84. The van der Waals surface area contributed by atoms with E-state index in [9.17, 15) is 4.79 Å². The van der Waals surface area contributed by atoms with Crippen molar-refractivity contribution in [1.29, 1.82) is 0 Å². The number of hydrogen-bond acceptors (Lipinski definition) is 1. The highest BCUT2D eigenvalue weighted by atomic mass is 79.9. The van der Waals surface area contributed by atoms with Gasteiger partial charge in [-0.3, -0.25) is 4.79 Å². The predicted molar refractivity (Wildman–Crippen MR) is 104 cm³/mol. The van der Waals surface area contributed by atoms with Gasteiger partial charge in [-0.05, 0) is 61.3 Å². The van der Waals surface area contributed by atoms with Gasteiger partial charge in [0, 0.05) is 16.3 Å². The fourth-order valence-electron chi connectivity index (χ4n) is 5.15. The number of aryl methyl sites for hydroxylation is 2. The minimum atomic E-state index is -0.0560. The van der Waals surface area contributed by atoms with Crippen molar-refractivity contribution in [3.05, 3.63) is 44.9 Å². The summed E-state index contributed by atoms with van der Waals surface area (Å²) in [7, 11) is 0. The number of ketones is 1. The van der Waals surface area contributed by atoms with Gasteiger partial charge in [0.1, 0.15) is 5.78 Å². The fraction of sp³-hybridized carbons (Fsp3) is 0.591.